The number of aryl methyl sites for hydroxylation is 2. The smallest absolute Gasteiger partial charge is 0.393 e. The van der Waals surface area contributed by atoms with Gasteiger partial charge in [0.05, 0.1) is 5.69 Å². The highest BCUT2D eigenvalue weighted by molar-refractivity contribution is 6.61. The fraction of sp³-hybridized carbons (Fsp3) is 0.444. The predicted molar refractivity (Wildman–Crippen MR) is 52.7 cm³/mol. The first-order valence-electron chi connectivity index (χ1n) is 4.39. The Kier molecular flexibility index (Phi) is 3.83. The van der Waals surface area contributed by atoms with Crippen molar-refractivity contribution in [1.82, 2.24) is 9.97 Å². The van der Waals surface area contributed by atoms with Crippen LogP contribution >= 0.6 is 11.6 Å². The van der Waals surface area contributed by atoms with Crippen LogP contribution in [0.2, 0.25) is 0 Å². The molecule has 14 heavy (non-hydrogen) atoms. The van der Waals surface area contributed by atoms with Crippen molar-refractivity contribution in [3.8, 4) is 5.88 Å². The van der Waals surface area contributed by atoms with Crippen molar-refractivity contribution in [3.63, 3.8) is 0 Å². The number of ether oxygens (including phenoxy) is 1. The van der Waals surface area contributed by atoms with Crippen molar-refractivity contribution in [2.75, 3.05) is 0 Å². The summed E-state index contributed by atoms with van der Waals surface area (Å²) in [4.78, 5) is 18.8. The largest absolute Gasteiger partial charge is 0.410 e. The summed E-state index contributed by atoms with van der Waals surface area (Å²) in [5, 5.41) is 0. The molecule has 0 N–H and O–H groups in total. The summed E-state index contributed by atoms with van der Waals surface area (Å²) >= 11 is 5.11. The van der Waals surface area contributed by atoms with Crippen LogP contribution in [-0.4, -0.2) is 15.4 Å². The molecular formula is C9H11ClN2O2. The van der Waals surface area contributed by atoms with Crippen molar-refractivity contribution < 1.29 is 9.53 Å². The number of nitrogens with zero attached hydrogens (tertiary/aromatic N) is 2. The second-order valence-corrected chi connectivity index (χ2v) is 2.97. The minimum Gasteiger partial charge on any atom is -0.393 e. The Morgan fingerprint density at radius 3 is 2.71 bits per heavy atom. The van der Waals surface area contributed by atoms with E-state index in [2.05, 4.69) is 9.97 Å². The number of hydrogen-bond donors (Lipinski definition) is 0. The summed E-state index contributed by atoms with van der Waals surface area (Å²) < 4.78 is 4.73. The summed E-state index contributed by atoms with van der Waals surface area (Å²) in [5.41, 5.74) is 0.522. The monoisotopic (exact) mass is 214 g/mol. The molecule has 5 heteroatoms. The van der Waals surface area contributed by atoms with Crippen LogP contribution in [0.1, 0.15) is 25.2 Å². The molecule has 0 atom stereocenters. The topological polar surface area (TPSA) is 52.1 Å². The molecule has 4 nitrogen and oxygen atoms in total. The number of rotatable bonds is 3. The van der Waals surface area contributed by atoms with Crippen molar-refractivity contribution in [3.05, 3.63) is 17.6 Å². The number of hydrogen-bond acceptors (Lipinski definition) is 4. The summed E-state index contributed by atoms with van der Waals surface area (Å²) in [7, 11) is 0. The fourth-order valence-corrected chi connectivity index (χ4v) is 1.08. The average molecular weight is 215 g/mol. The van der Waals surface area contributed by atoms with Gasteiger partial charge in [-0.1, -0.05) is 13.8 Å². The van der Waals surface area contributed by atoms with Crippen LogP contribution in [0.5, 0.6) is 5.88 Å². The SMILES string of the molecule is CCc1cnc(CC)c(OC(=O)Cl)n1. The molecule has 76 valence electrons. The van der Waals surface area contributed by atoms with Gasteiger partial charge >= 0.3 is 5.43 Å². The molecule has 0 aliphatic carbocycles. The Bertz CT molecular complexity index is 342. The van der Waals surface area contributed by atoms with Gasteiger partial charge in [0, 0.05) is 17.8 Å². The summed E-state index contributed by atoms with van der Waals surface area (Å²) in [6.07, 6.45) is 3.06. The zero-order valence-corrected chi connectivity index (χ0v) is 8.84. The Morgan fingerprint density at radius 1 is 1.50 bits per heavy atom. The van der Waals surface area contributed by atoms with E-state index in [-0.39, 0.29) is 5.88 Å². The lowest BCUT2D eigenvalue weighted by molar-refractivity contribution is 0.223. The van der Waals surface area contributed by atoms with E-state index in [0.717, 1.165) is 12.1 Å². The zero-order chi connectivity index (χ0) is 10.6. The molecule has 0 aromatic carbocycles. The molecule has 0 unspecified atom stereocenters. The molecule has 0 saturated heterocycles. The van der Waals surface area contributed by atoms with Gasteiger partial charge in [-0.15, -0.1) is 0 Å². The minimum atomic E-state index is -0.887. The lowest BCUT2D eigenvalue weighted by atomic mass is 10.3. The van der Waals surface area contributed by atoms with Crippen LogP contribution < -0.4 is 4.74 Å². The molecule has 0 amide bonds. The quantitative estimate of drug-likeness (QED) is 0.725. The number of aromatic nitrogens is 2. The third-order valence-corrected chi connectivity index (χ3v) is 1.81. The van der Waals surface area contributed by atoms with Gasteiger partial charge in [0.2, 0.25) is 5.88 Å². The van der Waals surface area contributed by atoms with Crippen LogP contribution in [0.4, 0.5) is 4.79 Å². The molecule has 0 aliphatic heterocycles. The second kappa shape index (κ2) is 4.91. The lowest BCUT2D eigenvalue weighted by Crippen LogP contribution is -2.05. The van der Waals surface area contributed by atoms with E-state index < -0.39 is 5.43 Å². The molecule has 0 radical (unpaired) electrons. The Labute approximate surface area is 87.3 Å². The molecule has 0 spiro atoms. The maximum atomic E-state index is 10.6. The first-order valence-corrected chi connectivity index (χ1v) is 4.77. The summed E-state index contributed by atoms with van der Waals surface area (Å²) in [6, 6.07) is 0. The minimum absolute atomic E-state index is 0.215. The molecule has 1 aromatic rings. The van der Waals surface area contributed by atoms with E-state index in [0.29, 0.717) is 12.1 Å². The molecule has 0 saturated carbocycles. The van der Waals surface area contributed by atoms with Gasteiger partial charge in [-0.3, -0.25) is 4.98 Å². The van der Waals surface area contributed by atoms with Crippen LogP contribution in [-0.2, 0) is 12.8 Å². The third kappa shape index (κ3) is 2.67. The first kappa shape index (κ1) is 10.9. The maximum absolute atomic E-state index is 10.6. The molecule has 1 aromatic heterocycles. The van der Waals surface area contributed by atoms with Gasteiger partial charge in [0.1, 0.15) is 5.69 Å². The molecule has 0 fully saturated rings. The molecule has 0 aliphatic rings. The summed E-state index contributed by atoms with van der Waals surface area (Å²) in [6.45, 7) is 3.85. The molecule has 1 heterocycles. The Hall–Kier alpha value is -1.16. The van der Waals surface area contributed by atoms with E-state index in [1.54, 1.807) is 6.20 Å². The van der Waals surface area contributed by atoms with E-state index >= 15 is 0 Å². The van der Waals surface area contributed by atoms with Crippen LogP contribution in [0.15, 0.2) is 6.20 Å². The molecule has 1 rings (SSSR count). The summed E-state index contributed by atoms with van der Waals surface area (Å²) in [5.74, 6) is 0.215. The average Bonchev–Trinajstić information content (AvgIpc) is 2.16. The zero-order valence-electron chi connectivity index (χ0n) is 8.08. The number of carbonyl (C=O) groups excluding carboxylic acids is 1. The van der Waals surface area contributed by atoms with Crippen LogP contribution in [0, 0.1) is 0 Å². The van der Waals surface area contributed by atoms with E-state index in [4.69, 9.17) is 16.3 Å². The highest BCUT2D eigenvalue weighted by Crippen LogP contribution is 2.15. The number of carbonyl (C=O) groups is 1. The van der Waals surface area contributed by atoms with Gasteiger partial charge in [-0.25, -0.2) is 9.78 Å². The third-order valence-electron chi connectivity index (χ3n) is 1.74. The molecular weight excluding hydrogens is 204 g/mol. The van der Waals surface area contributed by atoms with Crippen molar-refractivity contribution in [2.24, 2.45) is 0 Å². The fourth-order valence-electron chi connectivity index (χ4n) is 1.00. The normalized spacial score (nSPS) is 9.93. The van der Waals surface area contributed by atoms with E-state index in [1.807, 2.05) is 13.8 Å². The van der Waals surface area contributed by atoms with Crippen LogP contribution in [0.25, 0.3) is 0 Å². The Balaban J connectivity index is 3.01. The van der Waals surface area contributed by atoms with Crippen LogP contribution in [0.3, 0.4) is 0 Å². The Morgan fingerprint density at radius 2 is 2.21 bits per heavy atom. The number of halogens is 1. The first-order chi connectivity index (χ1) is 6.67. The van der Waals surface area contributed by atoms with E-state index in [1.165, 1.54) is 0 Å². The molecule has 0 bridgehead atoms. The van der Waals surface area contributed by atoms with Gasteiger partial charge in [0.15, 0.2) is 0 Å². The van der Waals surface area contributed by atoms with Crippen molar-refractivity contribution in [2.45, 2.75) is 26.7 Å². The van der Waals surface area contributed by atoms with Gasteiger partial charge in [0.25, 0.3) is 0 Å². The van der Waals surface area contributed by atoms with E-state index in [9.17, 15) is 4.79 Å². The van der Waals surface area contributed by atoms with Gasteiger partial charge in [-0.05, 0) is 12.8 Å². The van der Waals surface area contributed by atoms with Gasteiger partial charge < -0.3 is 4.74 Å². The standard InChI is InChI=1S/C9H11ClN2O2/c1-3-6-5-11-7(4-2)8(12-6)14-9(10)13/h5H,3-4H2,1-2H3. The maximum Gasteiger partial charge on any atom is 0.410 e. The van der Waals surface area contributed by atoms with Crippen molar-refractivity contribution in [1.29, 1.82) is 0 Å². The van der Waals surface area contributed by atoms with Crippen molar-refractivity contribution >= 4 is 17.0 Å². The lowest BCUT2D eigenvalue weighted by Gasteiger charge is -2.05. The predicted octanol–water partition coefficient (Wildman–Crippen LogP) is 2.34. The second-order valence-electron chi connectivity index (χ2n) is 2.66. The van der Waals surface area contributed by atoms with Gasteiger partial charge in [-0.2, -0.15) is 0 Å². The highest BCUT2D eigenvalue weighted by atomic mass is 35.5. The highest BCUT2D eigenvalue weighted by Gasteiger charge is 2.09.